The Morgan fingerprint density at radius 1 is 1.20 bits per heavy atom. The molecule has 0 saturated carbocycles. The van der Waals surface area contributed by atoms with E-state index in [0.29, 0.717) is 10.7 Å². The van der Waals surface area contributed by atoms with Gasteiger partial charge in [0, 0.05) is 15.2 Å². The molecule has 2 rings (SSSR count). The lowest BCUT2D eigenvalue weighted by Crippen LogP contribution is -2.14. The molecule has 0 fully saturated rings. The molecule has 0 aromatic heterocycles. The summed E-state index contributed by atoms with van der Waals surface area (Å²) in [4.78, 5) is 12.1. The predicted molar refractivity (Wildman–Crippen MR) is 83.0 cm³/mol. The molecule has 2 aromatic carbocycles. The number of nitrogens with one attached hydrogen (secondary N) is 1. The Morgan fingerprint density at radius 3 is 2.40 bits per heavy atom. The molecule has 2 aromatic rings. The van der Waals surface area contributed by atoms with Gasteiger partial charge >= 0.3 is 0 Å². The standard InChI is InChI=1S/C15H12BrClFNO/c1-8-5-11(6-9(2)14(8)16)19-15(20)12-7-10(17)3-4-13(12)18/h3-7H,1-2H3,(H,19,20). The number of hydrogen-bond donors (Lipinski definition) is 1. The molecule has 20 heavy (non-hydrogen) atoms. The molecule has 0 unspecified atom stereocenters. The molecule has 0 radical (unpaired) electrons. The first-order valence-electron chi connectivity index (χ1n) is 5.91. The van der Waals surface area contributed by atoms with Gasteiger partial charge in [-0.1, -0.05) is 27.5 Å². The Labute approximate surface area is 130 Å². The van der Waals surface area contributed by atoms with Crippen LogP contribution in [0.3, 0.4) is 0 Å². The third kappa shape index (κ3) is 3.19. The van der Waals surface area contributed by atoms with Crippen molar-refractivity contribution in [2.75, 3.05) is 5.32 Å². The van der Waals surface area contributed by atoms with Crippen LogP contribution in [-0.2, 0) is 0 Å². The van der Waals surface area contributed by atoms with Gasteiger partial charge < -0.3 is 5.32 Å². The molecule has 0 aliphatic rings. The van der Waals surface area contributed by atoms with Crippen LogP contribution in [0.5, 0.6) is 0 Å². The first kappa shape index (κ1) is 15.0. The van der Waals surface area contributed by atoms with E-state index in [2.05, 4.69) is 21.2 Å². The normalized spacial score (nSPS) is 10.4. The van der Waals surface area contributed by atoms with E-state index in [1.165, 1.54) is 18.2 Å². The van der Waals surface area contributed by atoms with Crippen LogP contribution in [0.2, 0.25) is 5.02 Å². The fourth-order valence-electron chi connectivity index (χ4n) is 1.89. The molecule has 0 spiro atoms. The number of benzene rings is 2. The third-order valence-corrected chi connectivity index (χ3v) is 4.35. The molecule has 0 saturated heterocycles. The van der Waals surface area contributed by atoms with Gasteiger partial charge in [-0.3, -0.25) is 4.79 Å². The van der Waals surface area contributed by atoms with E-state index in [-0.39, 0.29) is 5.56 Å². The van der Waals surface area contributed by atoms with E-state index in [1.54, 1.807) is 0 Å². The van der Waals surface area contributed by atoms with E-state index < -0.39 is 11.7 Å². The summed E-state index contributed by atoms with van der Waals surface area (Å²) in [7, 11) is 0. The van der Waals surface area contributed by atoms with Crippen LogP contribution in [0.4, 0.5) is 10.1 Å². The van der Waals surface area contributed by atoms with Crippen LogP contribution in [0, 0.1) is 19.7 Å². The van der Waals surface area contributed by atoms with E-state index >= 15 is 0 Å². The molecule has 2 nitrogen and oxygen atoms in total. The first-order valence-corrected chi connectivity index (χ1v) is 7.08. The zero-order chi connectivity index (χ0) is 14.9. The highest BCUT2D eigenvalue weighted by molar-refractivity contribution is 9.10. The third-order valence-electron chi connectivity index (χ3n) is 2.87. The van der Waals surface area contributed by atoms with E-state index in [0.717, 1.165) is 15.6 Å². The zero-order valence-corrected chi connectivity index (χ0v) is 13.3. The van der Waals surface area contributed by atoms with Gasteiger partial charge in [-0.05, 0) is 55.3 Å². The highest BCUT2D eigenvalue weighted by Gasteiger charge is 2.13. The topological polar surface area (TPSA) is 29.1 Å². The molecule has 1 amide bonds. The zero-order valence-electron chi connectivity index (χ0n) is 10.9. The van der Waals surface area contributed by atoms with Gasteiger partial charge in [0.25, 0.3) is 5.91 Å². The minimum absolute atomic E-state index is 0.0734. The molecular weight excluding hydrogens is 345 g/mol. The van der Waals surface area contributed by atoms with Crippen molar-refractivity contribution < 1.29 is 9.18 Å². The van der Waals surface area contributed by atoms with Crippen molar-refractivity contribution >= 4 is 39.1 Å². The second kappa shape index (κ2) is 5.94. The maximum absolute atomic E-state index is 13.6. The number of aryl methyl sites for hydroxylation is 2. The van der Waals surface area contributed by atoms with Crippen molar-refractivity contribution in [1.82, 2.24) is 0 Å². The SMILES string of the molecule is Cc1cc(NC(=O)c2cc(Cl)ccc2F)cc(C)c1Br. The van der Waals surface area contributed by atoms with Gasteiger partial charge in [0.05, 0.1) is 5.56 Å². The Bertz CT molecular complexity index is 665. The first-order chi connectivity index (χ1) is 9.38. The summed E-state index contributed by atoms with van der Waals surface area (Å²) in [6.45, 7) is 3.85. The number of rotatable bonds is 2. The van der Waals surface area contributed by atoms with Gasteiger partial charge in [-0.25, -0.2) is 4.39 Å². The molecule has 0 atom stereocenters. The smallest absolute Gasteiger partial charge is 0.258 e. The molecule has 104 valence electrons. The fraction of sp³-hybridized carbons (Fsp3) is 0.133. The van der Waals surface area contributed by atoms with Gasteiger partial charge in [0.1, 0.15) is 5.82 Å². The molecule has 0 bridgehead atoms. The average Bonchev–Trinajstić information content (AvgIpc) is 2.38. The Hall–Kier alpha value is -1.39. The molecule has 0 heterocycles. The summed E-state index contributed by atoms with van der Waals surface area (Å²) < 4.78 is 14.6. The Balaban J connectivity index is 2.30. The fourth-order valence-corrected chi connectivity index (χ4v) is 2.29. The van der Waals surface area contributed by atoms with Crippen molar-refractivity contribution in [2.45, 2.75) is 13.8 Å². The van der Waals surface area contributed by atoms with Crippen LogP contribution >= 0.6 is 27.5 Å². The molecule has 1 N–H and O–H groups in total. The van der Waals surface area contributed by atoms with E-state index in [9.17, 15) is 9.18 Å². The van der Waals surface area contributed by atoms with Crippen LogP contribution < -0.4 is 5.32 Å². The number of halogens is 3. The van der Waals surface area contributed by atoms with Crippen LogP contribution in [-0.4, -0.2) is 5.91 Å². The van der Waals surface area contributed by atoms with E-state index in [4.69, 9.17) is 11.6 Å². The lowest BCUT2D eigenvalue weighted by molar-refractivity contribution is 0.102. The minimum Gasteiger partial charge on any atom is -0.322 e. The summed E-state index contributed by atoms with van der Waals surface area (Å²) in [5.74, 6) is -1.12. The number of carbonyl (C=O) groups is 1. The van der Waals surface area contributed by atoms with Crippen LogP contribution in [0.1, 0.15) is 21.5 Å². The highest BCUT2D eigenvalue weighted by atomic mass is 79.9. The van der Waals surface area contributed by atoms with Crippen molar-refractivity contribution in [3.63, 3.8) is 0 Å². The Morgan fingerprint density at radius 2 is 1.80 bits per heavy atom. The highest BCUT2D eigenvalue weighted by Crippen LogP contribution is 2.25. The van der Waals surface area contributed by atoms with Gasteiger partial charge in [0.15, 0.2) is 0 Å². The maximum Gasteiger partial charge on any atom is 0.258 e. The average molecular weight is 357 g/mol. The second-order valence-corrected chi connectivity index (χ2v) is 5.73. The van der Waals surface area contributed by atoms with Crippen molar-refractivity contribution in [2.24, 2.45) is 0 Å². The van der Waals surface area contributed by atoms with Gasteiger partial charge in [-0.2, -0.15) is 0 Å². The van der Waals surface area contributed by atoms with Crippen LogP contribution in [0.25, 0.3) is 0 Å². The lowest BCUT2D eigenvalue weighted by Gasteiger charge is -2.10. The summed E-state index contributed by atoms with van der Waals surface area (Å²) in [5.41, 5.74) is 2.53. The number of carbonyl (C=O) groups excluding carboxylic acids is 1. The van der Waals surface area contributed by atoms with Gasteiger partial charge in [-0.15, -0.1) is 0 Å². The van der Waals surface area contributed by atoms with E-state index in [1.807, 2.05) is 26.0 Å². The van der Waals surface area contributed by atoms with Crippen LogP contribution in [0.15, 0.2) is 34.8 Å². The number of anilines is 1. The molecule has 0 aliphatic heterocycles. The molecule has 5 heteroatoms. The van der Waals surface area contributed by atoms with Crippen molar-refractivity contribution in [1.29, 1.82) is 0 Å². The summed E-state index contributed by atoms with van der Waals surface area (Å²) in [6, 6.07) is 7.52. The summed E-state index contributed by atoms with van der Waals surface area (Å²) in [5, 5.41) is 3.00. The Kier molecular flexibility index (Phi) is 4.45. The summed E-state index contributed by atoms with van der Waals surface area (Å²) in [6.07, 6.45) is 0. The quantitative estimate of drug-likeness (QED) is 0.796. The summed E-state index contributed by atoms with van der Waals surface area (Å²) >= 11 is 9.24. The minimum atomic E-state index is -0.600. The predicted octanol–water partition coefficient (Wildman–Crippen LogP) is 5.11. The largest absolute Gasteiger partial charge is 0.322 e. The molecular formula is C15H12BrClFNO. The van der Waals surface area contributed by atoms with Gasteiger partial charge in [0.2, 0.25) is 0 Å². The van der Waals surface area contributed by atoms with Crippen molar-refractivity contribution in [3.8, 4) is 0 Å². The maximum atomic E-state index is 13.6. The lowest BCUT2D eigenvalue weighted by atomic mass is 10.1. The van der Waals surface area contributed by atoms with Crippen molar-refractivity contribution in [3.05, 3.63) is 62.3 Å². The molecule has 0 aliphatic carbocycles. The number of hydrogen-bond acceptors (Lipinski definition) is 1. The second-order valence-electron chi connectivity index (χ2n) is 4.50. The monoisotopic (exact) mass is 355 g/mol. The number of amides is 1.